The zero-order valence-electron chi connectivity index (χ0n) is 59.8. The van der Waals surface area contributed by atoms with Gasteiger partial charge < -0.3 is 34.2 Å². The summed E-state index contributed by atoms with van der Waals surface area (Å²) in [6.07, 6.45) is 78.8. The number of rotatable bonds is 71. The molecule has 550 valence electrons. The van der Waals surface area contributed by atoms with Crippen molar-refractivity contribution in [1.29, 1.82) is 0 Å². The van der Waals surface area contributed by atoms with E-state index in [0.717, 1.165) is 141 Å². The second-order valence-corrected chi connectivity index (χ2v) is 28.0. The van der Waals surface area contributed by atoms with Gasteiger partial charge in [0.05, 0.1) is 26.4 Å². The number of esters is 3. The van der Waals surface area contributed by atoms with Crippen molar-refractivity contribution in [2.45, 2.75) is 334 Å². The first-order valence-electron chi connectivity index (χ1n) is 37.5. The largest absolute Gasteiger partial charge is 0.472 e. The summed E-state index contributed by atoms with van der Waals surface area (Å²) in [7, 11) is -9.78. The van der Waals surface area contributed by atoms with Crippen LogP contribution in [-0.2, 0) is 55.8 Å². The average Bonchev–Trinajstić information content (AvgIpc) is 3.35. The fraction of sp³-hybridized carbons (Fsp3) is 0.753. The molecule has 5 atom stereocenters. The van der Waals surface area contributed by atoms with Gasteiger partial charge in [0, 0.05) is 19.3 Å². The van der Waals surface area contributed by atoms with Crippen LogP contribution in [0.2, 0.25) is 0 Å². The predicted octanol–water partition coefficient (Wildman–Crippen LogP) is 21.4. The number of carbonyl (C=O) groups is 3. The molecule has 0 fully saturated rings. The average molecular weight is 1380 g/mol. The van der Waals surface area contributed by atoms with Gasteiger partial charge in [-0.2, -0.15) is 0 Å². The van der Waals surface area contributed by atoms with E-state index in [9.17, 15) is 43.5 Å². The highest BCUT2D eigenvalue weighted by molar-refractivity contribution is 7.47. The van der Waals surface area contributed by atoms with Crippen LogP contribution in [0.1, 0.15) is 316 Å². The second-order valence-electron chi connectivity index (χ2n) is 25.1. The van der Waals surface area contributed by atoms with E-state index in [4.69, 9.17) is 32.3 Å². The molecule has 0 rings (SSSR count). The molecule has 0 saturated heterocycles. The Labute approximate surface area is 578 Å². The van der Waals surface area contributed by atoms with Crippen LogP contribution in [0.25, 0.3) is 0 Å². The summed E-state index contributed by atoms with van der Waals surface area (Å²) in [5, 5.41) is 20.6. The van der Waals surface area contributed by atoms with Gasteiger partial charge in [0.1, 0.15) is 25.4 Å². The lowest BCUT2D eigenvalue weighted by molar-refractivity contribution is -0.161. The Bertz CT molecular complexity index is 2120. The Morgan fingerprint density at radius 3 is 0.853 bits per heavy atom. The third kappa shape index (κ3) is 71.6. The van der Waals surface area contributed by atoms with Crippen LogP contribution in [0.5, 0.6) is 0 Å². The maximum absolute atomic E-state index is 12.9. The lowest BCUT2D eigenvalue weighted by Gasteiger charge is -2.21. The minimum Gasteiger partial charge on any atom is -0.463 e. The van der Waals surface area contributed by atoms with Gasteiger partial charge in [0.2, 0.25) is 0 Å². The van der Waals surface area contributed by atoms with Crippen LogP contribution < -0.4 is 0 Å². The summed E-state index contributed by atoms with van der Waals surface area (Å²) >= 11 is 0. The van der Waals surface area contributed by atoms with E-state index >= 15 is 0 Å². The van der Waals surface area contributed by atoms with Crippen molar-refractivity contribution in [3.8, 4) is 0 Å². The van der Waals surface area contributed by atoms with Crippen molar-refractivity contribution in [3.63, 3.8) is 0 Å². The van der Waals surface area contributed by atoms with Crippen LogP contribution in [-0.4, -0.2) is 95.9 Å². The van der Waals surface area contributed by atoms with Crippen molar-refractivity contribution < 1.29 is 75.8 Å². The lowest BCUT2D eigenvalue weighted by Crippen LogP contribution is -2.30. The number of aliphatic hydroxyl groups excluding tert-OH is 2. The molecule has 4 N–H and O–H groups in total. The van der Waals surface area contributed by atoms with Gasteiger partial charge in [-0.3, -0.25) is 32.5 Å². The number of allylic oxidation sites excluding steroid dienone is 16. The van der Waals surface area contributed by atoms with Gasteiger partial charge in [-0.25, -0.2) is 9.13 Å². The van der Waals surface area contributed by atoms with Crippen molar-refractivity contribution in [1.82, 2.24) is 0 Å². The number of carbonyl (C=O) groups excluding carboxylic acids is 3. The number of unbranched alkanes of at least 4 members (excludes halogenated alkanes) is 32. The van der Waals surface area contributed by atoms with E-state index in [0.29, 0.717) is 19.3 Å². The number of phosphoric acid groups is 2. The monoisotopic (exact) mass is 1380 g/mol. The molecule has 0 aliphatic rings. The molecule has 0 aliphatic carbocycles. The first-order valence-corrected chi connectivity index (χ1v) is 40.5. The topological polar surface area (TPSA) is 231 Å². The smallest absolute Gasteiger partial charge is 0.463 e. The number of phosphoric ester groups is 2. The van der Waals surface area contributed by atoms with E-state index < -0.39 is 91.5 Å². The molecule has 0 aromatic carbocycles. The molecule has 0 saturated carbocycles. The van der Waals surface area contributed by atoms with Crippen molar-refractivity contribution in [3.05, 3.63) is 97.2 Å². The van der Waals surface area contributed by atoms with Crippen molar-refractivity contribution in [2.75, 3.05) is 39.6 Å². The highest BCUT2D eigenvalue weighted by Crippen LogP contribution is 2.45. The molecule has 0 heterocycles. The molecule has 16 nitrogen and oxygen atoms in total. The first kappa shape index (κ1) is 91.5. The minimum atomic E-state index is -4.92. The third-order valence-electron chi connectivity index (χ3n) is 15.8. The van der Waals surface area contributed by atoms with E-state index in [1.54, 1.807) is 0 Å². The van der Waals surface area contributed by atoms with E-state index in [1.807, 2.05) is 0 Å². The summed E-state index contributed by atoms with van der Waals surface area (Å²) in [5.41, 5.74) is 0. The second kappa shape index (κ2) is 70.3. The Kier molecular flexibility index (Phi) is 67.7. The Morgan fingerprint density at radius 2 is 0.526 bits per heavy atom. The van der Waals surface area contributed by atoms with Crippen molar-refractivity contribution in [2.24, 2.45) is 0 Å². The SMILES string of the molecule is CCCCC/C=C\C/C=C\C/C=C\C/C=C\CCCCCCCCCCCC(=O)OCC(O)COP(=O)(O)OCC(O)COP(=O)(O)OCC(COC(=O)CCCCCCCCC/C=C\C/C=C\C/C=C\C/C=C\CCCCC)OC(=O)CCCCCCCCCCCCC. The molecular weight excluding hydrogens is 1240 g/mol. The summed E-state index contributed by atoms with van der Waals surface area (Å²) in [5.74, 6) is -1.58. The fourth-order valence-corrected chi connectivity index (χ4v) is 11.6. The molecule has 0 radical (unpaired) electrons. The number of aliphatic hydroxyl groups is 2. The van der Waals surface area contributed by atoms with Gasteiger partial charge in [-0.05, 0) is 109 Å². The molecule has 0 amide bonds. The molecule has 0 aromatic rings. The number of hydrogen-bond donors (Lipinski definition) is 4. The number of ether oxygens (including phenoxy) is 3. The molecule has 5 unspecified atom stereocenters. The van der Waals surface area contributed by atoms with Gasteiger partial charge >= 0.3 is 33.6 Å². The van der Waals surface area contributed by atoms with Gasteiger partial charge in [0.15, 0.2) is 6.10 Å². The summed E-state index contributed by atoms with van der Waals surface area (Å²) in [6, 6.07) is 0. The molecule has 0 aliphatic heterocycles. The minimum absolute atomic E-state index is 0.104. The quantitative estimate of drug-likeness (QED) is 0.0146. The molecule has 0 spiro atoms. The summed E-state index contributed by atoms with van der Waals surface area (Å²) < 4.78 is 61.0. The molecular formula is C77H136O16P2. The van der Waals surface area contributed by atoms with E-state index in [2.05, 4.69) is 118 Å². The van der Waals surface area contributed by atoms with Gasteiger partial charge in [-0.15, -0.1) is 0 Å². The van der Waals surface area contributed by atoms with Crippen LogP contribution in [0.3, 0.4) is 0 Å². The molecule has 0 bridgehead atoms. The van der Waals surface area contributed by atoms with Gasteiger partial charge in [-0.1, -0.05) is 285 Å². The van der Waals surface area contributed by atoms with Crippen LogP contribution in [0, 0.1) is 0 Å². The molecule has 0 aromatic heterocycles. The molecule has 18 heteroatoms. The first-order chi connectivity index (χ1) is 46.2. The maximum Gasteiger partial charge on any atom is 0.472 e. The highest BCUT2D eigenvalue weighted by Gasteiger charge is 2.29. The summed E-state index contributed by atoms with van der Waals surface area (Å²) in [4.78, 5) is 58.5. The van der Waals surface area contributed by atoms with E-state index in [1.165, 1.54) is 116 Å². The van der Waals surface area contributed by atoms with Crippen molar-refractivity contribution >= 4 is 33.6 Å². The maximum atomic E-state index is 12.9. The highest BCUT2D eigenvalue weighted by atomic mass is 31.2. The van der Waals surface area contributed by atoms with Gasteiger partial charge in [0.25, 0.3) is 0 Å². The molecule has 95 heavy (non-hydrogen) atoms. The predicted molar refractivity (Wildman–Crippen MR) is 390 cm³/mol. The fourth-order valence-electron chi connectivity index (χ4n) is 10.0. The Morgan fingerprint density at radius 1 is 0.295 bits per heavy atom. The normalized spacial score (nSPS) is 14.6. The Hall–Kier alpha value is -3.53. The zero-order chi connectivity index (χ0) is 69.5. The van der Waals surface area contributed by atoms with E-state index in [-0.39, 0.29) is 19.3 Å². The number of hydrogen-bond acceptors (Lipinski definition) is 14. The Balaban J connectivity index is 4.52. The van der Waals surface area contributed by atoms with Crippen LogP contribution >= 0.6 is 15.6 Å². The van der Waals surface area contributed by atoms with Crippen LogP contribution in [0.15, 0.2) is 97.2 Å². The zero-order valence-corrected chi connectivity index (χ0v) is 61.6. The standard InChI is InChI=1S/C77H136O16P2/c1-4-7-10-13-16-19-22-24-26-28-30-32-34-35-37-39-40-42-44-46-49-51-54-57-60-63-75(80)87-66-72(78)67-89-94(83,84)90-68-73(79)69-91-95(85,86)92-71-74(93-77(82)65-62-59-56-53-48-21-18-15-12-9-6-3)70-88-76(81)64-61-58-55-52-50-47-45-43-41-38-36-33-31-29-27-25-23-20-17-14-11-8-5-2/h16-17,19-20,24-27,30-33,35,37-38,41,72-74,78-79H,4-15,18,21-23,28-29,34,36,39-40,42-71H2,1-3H3,(H,83,84)(H,85,86)/b19-16-,20-17-,26-24-,27-25-,32-30-,33-31-,37-35-,41-38-. The summed E-state index contributed by atoms with van der Waals surface area (Å²) in [6.45, 7) is 2.61. The third-order valence-corrected chi connectivity index (χ3v) is 17.7. The van der Waals surface area contributed by atoms with Crippen LogP contribution in [0.4, 0.5) is 0 Å². The lowest BCUT2D eigenvalue weighted by atomic mass is 10.1.